The highest BCUT2D eigenvalue weighted by atomic mass is 16.3. The smallest absolute Gasteiger partial charge is 0.328 e. The summed E-state index contributed by atoms with van der Waals surface area (Å²) >= 11 is 0. The number of carbonyl (C=O) groups is 4. The molecule has 0 aliphatic carbocycles. The molecule has 2 aliphatic heterocycles. The molecule has 0 radical (unpaired) electrons. The third-order valence-corrected chi connectivity index (χ3v) is 8.03. The number of amides is 6. The Labute approximate surface area is 231 Å². The Morgan fingerprint density at radius 1 is 0.923 bits per heavy atom. The summed E-state index contributed by atoms with van der Waals surface area (Å²) < 4.78 is 0. The van der Waals surface area contributed by atoms with Gasteiger partial charge in [0, 0.05) is 6.04 Å². The number of rotatable bonds is 12. The molecule has 0 spiro atoms. The highest BCUT2D eigenvalue weighted by molar-refractivity contribution is 6.07. The van der Waals surface area contributed by atoms with Crippen LogP contribution in [-0.4, -0.2) is 97.1 Å². The van der Waals surface area contributed by atoms with Crippen LogP contribution in [0.2, 0.25) is 0 Å². The number of hydrogen-bond acceptors (Lipinski definition) is 6. The third-order valence-electron chi connectivity index (χ3n) is 8.03. The van der Waals surface area contributed by atoms with Gasteiger partial charge in [0.25, 0.3) is 11.8 Å². The quantitative estimate of drug-likeness (QED) is 0.389. The number of imide groups is 2. The van der Waals surface area contributed by atoms with Gasteiger partial charge in [0.05, 0.1) is 31.8 Å². The van der Waals surface area contributed by atoms with E-state index >= 15 is 0 Å². The predicted octanol–water partition coefficient (Wildman–Crippen LogP) is 3.38. The van der Waals surface area contributed by atoms with Gasteiger partial charge in [-0.1, -0.05) is 63.9 Å². The molecular weight excluding hydrogens is 500 g/mol. The van der Waals surface area contributed by atoms with E-state index in [-0.39, 0.29) is 25.7 Å². The minimum atomic E-state index is -1.27. The second-order valence-electron chi connectivity index (χ2n) is 12.2. The highest BCUT2D eigenvalue weighted by Gasteiger charge is 2.53. The molecule has 2 N–H and O–H groups in total. The van der Waals surface area contributed by atoms with Crippen molar-refractivity contribution >= 4 is 23.9 Å². The zero-order chi connectivity index (χ0) is 29.3. The Hall–Kier alpha value is -2.98. The molecule has 0 bridgehead atoms. The van der Waals surface area contributed by atoms with Gasteiger partial charge in [-0.05, 0) is 45.1 Å². The van der Waals surface area contributed by atoms with Crippen LogP contribution < -0.4 is 0 Å². The van der Waals surface area contributed by atoms with Crippen LogP contribution in [0.5, 0.6) is 0 Å². The van der Waals surface area contributed by atoms with Crippen LogP contribution in [0.3, 0.4) is 0 Å². The van der Waals surface area contributed by atoms with E-state index in [0.717, 1.165) is 29.1 Å². The van der Waals surface area contributed by atoms with Gasteiger partial charge in [-0.15, -0.1) is 0 Å². The molecule has 216 valence electrons. The number of nitrogens with zero attached hydrogens (tertiary/aromatic N) is 4. The van der Waals surface area contributed by atoms with Crippen molar-refractivity contribution in [3.63, 3.8) is 0 Å². The lowest BCUT2D eigenvalue weighted by Crippen LogP contribution is -2.50. The number of β-amino-alcohol motifs (C(OH)–C–C–N with tert-alkyl or cyclic N) is 2. The lowest BCUT2D eigenvalue weighted by Gasteiger charge is -2.32. The summed E-state index contributed by atoms with van der Waals surface area (Å²) in [4.78, 5) is 58.0. The first-order valence-electron chi connectivity index (χ1n) is 13.8. The second kappa shape index (κ2) is 11.6. The maximum Gasteiger partial charge on any atom is 0.328 e. The largest absolute Gasteiger partial charge is 0.391 e. The fourth-order valence-electron chi connectivity index (χ4n) is 5.32. The van der Waals surface area contributed by atoms with Crippen molar-refractivity contribution < 1.29 is 29.4 Å². The number of aliphatic hydroxyl groups is 2. The molecule has 2 aliphatic rings. The Kier molecular flexibility index (Phi) is 9.12. The fourth-order valence-corrected chi connectivity index (χ4v) is 5.32. The molecule has 10 nitrogen and oxygen atoms in total. The first-order chi connectivity index (χ1) is 18.1. The lowest BCUT2D eigenvalue weighted by atomic mass is 9.81. The summed E-state index contributed by atoms with van der Waals surface area (Å²) in [5.41, 5.74) is -1.07. The van der Waals surface area contributed by atoms with Crippen LogP contribution in [0.4, 0.5) is 9.59 Å². The summed E-state index contributed by atoms with van der Waals surface area (Å²) in [6.45, 7) is 12.0. The van der Waals surface area contributed by atoms with Gasteiger partial charge in [0.1, 0.15) is 11.6 Å². The minimum Gasteiger partial charge on any atom is -0.391 e. The fraction of sp³-hybridized carbons (Fsp3) is 0.655. The van der Waals surface area contributed by atoms with E-state index in [2.05, 4.69) is 6.92 Å². The molecule has 1 aromatic carbocycles. The van der Waals surface area contributed by atoms with Gasteiger partial charge in [-0.3, -0.25) is 19.4 Å². The van der Waals surface area contributed by atoms with Crippen LogP contribution in [0, 0.1) is 5.41 Å². The number of aliphatic hydroxyl groups excluding tert-OH is 2. The van der Waals surface area contributed by atoms with Gasteiger partial charge in [-0.25, -0.2) is 9.59 Å². The average Bonchev–Trinajstić information content (AvgIpc) is 3.21. The number of unbranched alkanes of at least 4 members (excludes halogenated alkanes) is 1. The van der Waals surface area contributed by atoms with Crippen LogP contribution in [0.1, 0.15) is 79.3 Å². The van der Waals surface area contributed by atoms with Crippen LogP contribution >= 0.6 is 0 Å². The van der Waals surface area contributed by atoms with Gasteiger partial charge in [-0.2, -0.15) is 0 Å². The van der Waals surface area contributed by atoms with E-state index in [1.807, 2.05) is 33.8 Å². The maximum atomic E-state index is 13.4. The summed E-state index contributed by atoms with van der Waals surface area (Å²) in [6, 6.07) is 6.82. The first kappa shape index (κ1) is 30.6. The minimum absolute atomic E-state index is 0.143. The molecule has 2 saturated heterocycles. The molecule has 0 saturated carbocycles. The molecule has 6 amide bonds. The Morgan fingerprint density at radius 2 is 1.54 bits per heavy atom. The standard InChI is InChI=1S/C29H44N4O6/c1-8-9-15-28(4,5)22(35)18-31-25(37)29(6,7)32(26(31)38)17-21(34)16-30-24(36)23(20-13-11-10-12-14-20)33(19(2)3)27(30)39/h10-14,19,21-23,34-35H,8-9,15-18H2,1-7H3. The molecule has 2 fully saturated rings. The highest BCUT2D eigenvalue weighted by Crippen LogP contribution is 2.35. The molecule has 39 heavy (non-hydrogen) atoms. The average molecular weight is 545 g/mol. The summed E-state index contributed by atoms with van der Waals surface area (Å²) in [5, 5.41) is 21.9. The predicted molar refractivity (Wildman–Crippen MR) is 146 cm³/mol. The Morgan fingerprint density at radius 3 is 2.10 bits per heavy atom. The normalized spacial score (nSPS) is 21.5. The monoisotopic (exact) mass is 544 g/mol. The van der Waals surface area contributed by atoms with Gasteiger partial charge in [0.15, 0.2) is 0 Å². The van der Waals surface area contributed by atoms with E-state index < -0.39 is 53.1 Å². The van der Waals surface area contributed by atoms with Crippen molar-refractivity contribution in [1.82, 2.24) is 19.6 Å². The van der Waals surface area contributed by atoms with Crippen molar-refractivity contribution in [1.29, 1.82) is 0 Å². The van der Waals surface area contributed by atoms with Crippen molar-refractivity contribution in [3.05, 3.63) is 35.9 Å². The maximum absolute atomic E-state index is 13.4. The molecule has 3 atom stereocenters. The topological polar surface area (TPSA) is 122 Å². The number of carbonyl (C=O) groups excluding carboxylic acids is 4. The van der Waals surface area contributed by atoms with Crippen molar-refractivity contribution in [3.8, 4) is 0 Å². The summed E-state index contributed by atoms with van der Waals surface area (Å²) in [5.74, 6) is -0.908. The zero-order valence-corrected chi connectivity index (χ0v) is 24.3. The van der Waals surface area contributed by atoms with Crippen molar-refractivity contribution in [2.45, 2.75) is 97.6 Å². The molecule has 10 heteroatoms. The van der Waals surface area contributed by atoms with Crippen molar-refractivity contribution in [2.75, 3.05) is 19.6 Å². The number of urea groups is 2. The summed E-state index contributed by atoms with van der Waals surface area (Å²) in [6.07, 6.45) is 0.461. The van der Waals surface area contributed by atoms with E-state index in [0.29, 0.717) is 5.56 Å². The summed E-state index contributed by atoms with van der Waals surface area (Å²) in [7, 11) is 0. The molecule has 1 aromatic rings. The van der Waals surface area contributed by atoms with Gasteiger partial charge >= 0.3 is 12.1 Å². The van der Waals surface area contributed by atoms with Crippen LogP contribution in [0.25, 0.3) is 0 Å². The van der Waals surface area contributed by atoms with Crippen molar-refractivity contribution in [2.24, 2.45) is 5.41 Å². The number of benzene rings is 1. The molecular formula is C29H44N4O6. The van der Waals surface area contributed by atoms with Gasteiger partial charge in [0.2, 0.25) is 0 Å². The van der Waals surface area contributed by atoms with Crippen LogP contribution in [-0.2, 0) is 9.59 Å². The first-order valence-corrected chi connectivity index (χ1v) is 13.8. The Balaban J connectivity index is 1.74. The SMILES string of the molecule is CCCCC(C)(C)C(O)CN1C(=O)N(CC(O)CN2C(=O)C(c3ccccc3)N(C(C)C)C2=O)C(C)(C)C1=O. The van der Waals surface area contributed by atoms with E-state index in [9.17, 15) is 29.4 Å². The Bertz CT molecular complexity index is 1070. The van der Waals surface area contributed by atoms with Gasteiger partial charge < -0.3 is 20.0 Å². The lowest BCUT2D eigenvalue weighted by molar-refractivity contribution is -0.134. The van der Waals surface area contributed by atoms with E-state index in [4.69, 9.17) is 0 Å². The van der Waals surface area contributed by atoms with E-state index in [1.54, 1.807) is 38.1 Å². The molecule has 3 unspecified atom stereocenters. The zero-order valence-electron chi connectivity index (χ0n) is 24.3. The number of hydrogen-bond donors (Lipinski definition) is 2. The van der Waals surface area contributed by atoms with Crippen LogP contribution in [0.15, 0.2) is 30.3 Å². The molecule has 3 rings (SSSR count). The third kappa shape index (κ3) is 5.96. The second-order valence-corrected chi connectivity index (χ2v) is 12.2. The van der Waals surface area contributed by atoms with E-state index in [1.165, 1.54) is 9.80 Å². The molecule has 0 aromatic heterocycles. The molecule has 2 heterocycles.